The predicted octanol–water partition coefficient (Wildman–Crippen LogP) is 3.72. The fraction of sp³-hybridized carbons (Fsp3) is 0.312. The molecule has 0 aliphatic carbocycles. The molecule has 0 bridgehead atoms. The van der Waals surface area contributed by atoms with Crippen LogP contribution < -0.4 is 5.32 Å². The van der Waals surface area contributed by atoms with Crippen LogP contribution in [0.4, 0.5) is 0 Å². The Morgan fingerprint density at radius 1 is 1.36 bits per heavy atom. The largest absolute Gasteiger partial charge is 0.320 e. The van der Waals surface area contributed by atoms with Gasteiger partial charge in [0.15, 0.2) is 0 Å². The van der Waals surface area contributed by atoms with Gasteiger partial charge in [-0.1, -0.05) is 29.8 Å². The molecule has 1 aromatic rings. The number of nitrogens with zero attached hydrogens (tertiary/aromatic N) is 2. The number of amides is 1. The van der Waals surface area contributed by atoms with Crippen molar-refractivity contribution in [3.05, 3.63) is 45.5 Å². The first kappa shape index (κ1) is 16.4. The van der Waals surface area contributed by atoms with E-state index in [1.54, 1.807) is 6.07 Å². The summed E-state index contributed by atoms with van der Waals surface area (Å²) >= 11 is 7.62. The van der Waals surface area contributed by atoms with Crippen molar-refractivity contribution >= 4 is 29.3 Å². The van der Waals surface area contributed by atoms with Crippen LogP contribution in [0.15, 0.2) is 34.9 Å². The van der Waals surface area contributed by atoms with Gasteiger partial charge in [0.2, 0.25) is 5.91 Å². The molecular formula is C16H14ClN3OS. The Balaban J connectivity index is 2.29. The first-order valence-electron chi connectivity index (χ1n) is 6.85. The van der Waals surface area contributed by atoms with Crippen molar-refractivity contribution < 1.29 is 4.79 Å². The van der Waals surface area contributed by atoms with Crippen LogP contribution >= 0.6 is 23.4 Å². The van der Waals surface area contributed by atoms with E-state index in [0.717, 1.165) is 12.0 Å². The molecule has 1 amide bonds. The minimum Gasteiger partial charge on any atom is -0.320 e. The highest BCUT2D eigenvalue weighted by Crippen LogP contribution is 2.38. The van der Waals surface area contributed by atoms with Crippen LogP contribution in [0.1, 0.15) is 30.7 Å². The Hall–Kier alpha value is -1.95. The van der Waals surface area contributed by atoms with Crippen LogP contribution in [0.2, 0.25) is 5.02 Å². The number of rotatable bonds is 5. The summed E-state index contributed by atoms with van der Waals surface area (Å²) in [7, 11) is 0. The summed E-state index contributed by atoms with van der Waals surface area (Å²) in [5.74, 6) is 0.251. The van der Waals surface area contributed by atoms with Crippen LogP contribution in [-0.4, -0.2) is 11.7 Å². The van der Waals surface area contributed by atoms with Crippen molar-refractivity contribution in [2.45, 2.75) is 25.2 Å². The fourth-order valence-electron chi connectivity index (χ4n) is 2.28. The molecule has 22 heavy (non-hydrogen) atoms. The summed E-state index contributed by atoms with van der Waals surface area (Å²) in [6.07, 6.45) is 1.40. The fourth-order valence-corrected chi connectivity index (χ4v) is 3.57. The lowest BCUT2D eigenvalue weighted by Crippen LogP contribution is -2.31. The van der Waals surface area contributed by atoms with Gasteiger partial charge in [0.25, 0.3) is 0 Å². The molecule has 0 saturated heterocycles. The summed E-state index contributed by atoms with van der Waals surface area (Å²) < 4.78 is 0. The lowest BCUT2D eigenvalue weighted by molar-refractivity contribution is -0.120. The number of carbonyl (C=O) groups excluding carboxylic acids is 1. The van der Waals surface area contributed by atoms with E-state index in [1.165, 1.54) is 11.8 Å². The maximum Gasteiger partial charge on any atom is 0.225 e. The number of hydrogen-bond donors (Lipinski definition) is 1. The Labute approximate surface area is 138 Å². The van der Waals surface area contributed by atoms with E-state index in [0.29, 0.717) is 27.8 Å². The highest BCUT2D eigenvalue weighted by atomic mass is 35.5. The minimum atomic E-state index is -0.314. The predicted molar refractivity (Wildman–Crippen MR) is 86.9 cm³/mol. The van der Waals surface area contributed by atoms with E-state index >= 15 is 0 Å². The van der Waals surface area contributed by atoms with Crippen LogP contribution in [0.5, 0.6) is 0 Å². The highest BCUT2D eigenvalue weighted by Gasteiger charge is 2.30. The van der Waals surface area contributed by atoms with Crippen LogP contribution in [0, 0.1) is 22.7 Å². The van der Waals surface area contributed by atoms with E-state index in [1.807, 2.05) is 18.2 Å². The second-order valence-corrected chi connectivity index (χ2v) is 6.30. The summed E-state index contributed by atoms with van der Waals surface area (Å²) in [4.78, 5) is 12.0. The van der Waals surface area contributed by atoms with Gasteiger partial charge in [-0.15, -0.1) is 11.8 Å². The average molecular weight is 332 g/mol. The molecule has 1 aliphatic rings. The van der Waals surface area contributed by atoms with Crippen LogP contribution in [0.25, 0.3) is 0 Å². The molecule has 0 fully saturated rings. The van der Waals surface area contributed by atoms with Gasteiger partial charge < -0.3 is 5.32 Å². The van der Waals surface area contributed by atoms with Crippen molar-refractivity contribution in [3.63, 3.8) is 0 Å². The molecule has 1 heterocycles. The SMILES string of the molecule is N#CCCCSC1=C(C#N)[C@@H](c2ccccc2Cl)CC(=O)N1. The highest BCUT2D eigenvalue weighted by molar-refractivity contribution is 8.03. The third-order valence-electron chi connectivity index (χ3n) is 3.32. The molecule has 1 N–H and O–H groups in total. The standard InChI is InChI=1S/C16H14ClN3OS/c17-14-6-2-1-5-11(14)12-9-15(21)20-16(13(12)10-19)22-8-4-3-7-18/h1-2,5-6,12H,3-4,8-9H2,(H,20,21)/t12-/m1/s1. The van der Waals surface area contributed by atoms with Gasteiger partial charge in [-0.05, 0) is 18.1 Å². The number of nitrogens with one attached hydrogen (secondary N) is 1. The monoisotopic (exact) mass is 331 g/mol. The van der Waals surface area contributed by atoms with Gasteiger partial charge in [-0.25, -0.2) is 0 Å². The van der Waals surface area contributed by atoms with Crippen LogP contribution in [-0.2, 0) is 4.79 Å². The zero-order valence-electron chi connectivity index (χ0n) is 11.8. The quantitative estimate of drug-likeness (QED) is 0.834. The van der Waals surface area contributed by atoms with Gasteiger partial charge in [0, 0.05) is 29.5 Å². The Kier molecular flexibility index (Phi) is 5.89. The zero-order valence-corrected chi connectivity index (χ0v) is 13.4. The van der Waals surface area contributed by atoms with Crippen LogP contribution in [0.3, 0.4) is 0 Å². The number of benzene rings is 1. The molecule has 0 saturated carbocycles. The third kappa shape index (κ3) is 3.82. The van der Waals surface area contributed by atoms with Crippen molar-refractivity contribution in [3.8, 4) is 12.1 Å². The molecule has 1 aliphatic heterocycles. The summed E-state index contributed by atoms with van der Waals surface area (Å²) in [5.41, 5.74) is 1.33. The Bertz CT molecular complexity index is 687. The smallest absolute Gasteiger partial charge is 0.225 e. The minimum absolute atomic E-state index is 0.119. The number of thioether (sulfide) groups is 1. The second kappa shape index (κ2) is 7.89. The molecule has 6 heteroatoms. The Morgan fingerprint density at radius 3 is 2.82 bits per heavy atom. The van der Waals surface area contributed by atoms with Crippen molar-refractivity contribution in [2.24, 2.45) is 0 Å². The molecule has 0 radical (unpaired) electrons. The maximum atomic E-state index is 12.0. The first-order chi connectivity index (χ1) is 10.7. The first-order valence-corrected chi connectivity index (χ1v) is 8.22. The molecule has 0 spiro atoms. The normalized spacial score (nSPS) is 17.6. The maximum absolute atomic E-state index is 12.0. The van der Waals surface area contributed by atoms with Gasteiger partial charge in [-0.3, -0.25) is 4.79 Å². The number of allylic oxidation sites excluding steroid dienone is 1. The second-order valence-electron chi connectivity index (χ2n) is 4.79. The molecule has 0 aromatic heterocycles. The molecular weight excluding hydrogens is 318 g/mol. The van der Waals surface area contributed by atoms with E-state index in [4.69, 9.17) is 16.9 Å². The molecule has 4 nitrogen and oxygen atoms in total. The van der Waals surface area contributed by atoms with Gasteiger partial charge in [0.1, 0.15) is 0 Å². The molecule has 1 atom stereocenters. The topological polar surface area (TPSA) is 76.7 Å². The van der Waals surface area contributed by atoms with E-state index in [2.05, 4.69) is 17.5 Å². The van der Waals surface area contributed by atoms with E-state index < -0.39 is 0 Å². The molecule has 0 unspecified atom stereocenters. The summed E-state index contributed by atoms with van der Waals surface area (Å²) in [6, 6.07) is 11.6. The number of unbranched alkanes of at least 4 members (excludes halogenated alkanes) is 1. The third-order valence-corrected chi connectivity index (χ3v) is 4.76. The number of hydrogen-bond acceptors (Lipinski definition) is 4. The van der Waals surface area contributed by atoms with Crippen molar-refractivity contribution in [1.82, 2.24) is 5.32 Å². The average Bonchev–Trinajstić information content (AvgIpc) is 2.51. The lowest BCUT2D eigenvalue weighted by atomic mass is 9.87. The molecule has 2 rings (SSSR count). The van der Waals surface area contributed by atoms with Crippen molar-refractivity contribution in [2.75, 3.05) is 5.75 Å². The Morgan fingerprint density at radius 2 is 2.14 bits per heavy atom. The summed E-state index contributed by atoms with van der Waals surface area (Å²) in [6.45, 7) is 0. The van der Waals surface area contributed by atoms with Gasteiger partial charge in [-0.2, -0.15) is 10.5 Å². The van der Waals surface area contributed by atoms with E-state index in [-0.39, 0.29) is 18.2 Å². The number of halogens is 1. The number of nitriles is 2. The molecule has 112 valence electrons. The van der Waals surface area contributed by atoms with Gasteiger partial charge in [0.05, 0.1) is 22.7 Å². The molecule has 1 aromatic carbocycles. The lowest BCUT2D eigenvalue weighted by Gasteiger charge is -2.25. The van der Waals surface area contributed by atoms with Crippen molar-refractivity contribution in [1.29, 1.82) is 10.5 Å². The zero-order chi connectivity index (χ0) is 15.9. The van der Waals surface area contributed by atoms with E-state index in [9.17, 15) is 10.1 Å². The number of carbonyl (C=O) groups is 1. The van der Waals surface area contributed by atoms with Gasteiger partial charge >= 0.3 is 0 Å². The summed E-state index contributed by atoms with van der Waals surface area (Å²) in [5, 5.41) is 22.0.